The van der Waals surface area contributed by atoms with Gasteiger partial charge in [-0.15, -0.1) is 0 Å². The Morgan fingerprint density at radius 1 is 1.50 bits per heavy atom. The Kier molecular flexibility index (Phi) is 3.90. The minimum atomic E-state index is -0.312. The highest BCUT2D eigenvalue weighted by molar-refractivity contribution is 6.30. The van der Waals surface area contributed by atoms with Crippen LogP contribution < -0.4 is 5.73 Å². The molecule has 0 aliphatic heterocycles. The van der Waals surface area contributed by atoms with Crippen LogP contribution in [0.2, 0.25) is 5.02 Å². The number of rotatable bonds is 3. The van der Waals surface area contributed by atoms with Gasteiger partial charge in [0.2, 0.25) is 0 Å². The molecule has 0 aliphatic carbocycles. The van der Waals surface area contributed by atoms with E-state index in [0.717, 1.165) is 12.0 Å². The van der Waals surface area contributed by atoms with Crippen LogP contribution in [-0.2, 0) is 0 Å². The van der Waals surface area contributed by atoms with Crippen molar-refractivity contribution >= 4 is 11.6 Å². The molecule has 0 heterocycles. The van der Waals surface area contributed by atoms with Crippen molar-refractivity contribution in [2.24, 2.45) is 5.73 Å². The molecule has 14 heavy (non-hydrogen) atoms. The fourth-order valence-corrected chi connectivity index (χ4v) is 1.81. The molecule has 78 valence electrons. The van der Waals surface area contributed by atoms with Crippen molar-refractivity contribution in [2.75, 3.05) is 6.54 Å². The summed E-state index contributed by atoms with van der Waals surface area (Å²) >= 11 is 5.67. The Balaban J connectivity index is 3.04. The maximum Gasteiger partial charge on any atom is 0.144 e. The topological polar surface area (TPSA) is 26.0 Å². The molecule has 0 aliphatic rings. The van der Waals surface area contributed by atoms with Crippen molar-refractivity contribution in [1.82, 2.24) is 0 Å². The molecule has 1 aromatic rings. The van der Waals surface area contributed by atoms with Crippen LogP contribution >= 0.6 is 11.6 Å². The molecule has 0 saturated carbocycles. The molecule has 0 fully saturated rings. The van der Waals surface area contributed by atoms with Gasteiger partial charge in [0.05, 0.1) is 5.02 Å². The van der Waals surface area contributed by atoms with E-state index >= 15 is 0 Å². The van der Waals surface area contributed by atoms with E-state index in [-0.39, 0.29) is 16.8 Å². The summed E-state index contributed by atoms with van der Waals surface area (Å²) in [4.78, 5) is 0. The molecule has 0 spiro atoms. The summed E-state index contributed by atoms with van der Waals surface area (Å²) in [5, 5.41) is 0.186. The van der Waals surface area contributed by atoms with Gasteiger partial charge in [-0.2, -0.15) is 0 Å². The maximum absolute atomic E-state index is 13.4. The summed E-state index contributed by atoms with van der Waals surface area (Å²) in [5.74, 6) is -0.0280. The van der Waals surface area contributed by atoms with Crippen LogP contribution in [-0.4, -0.2) is 6.54 Å². The highest BCUT2D eigenvalue weighted by Crippen LogP contribution is 2.27. The summed E-state index contributed by atoms with van der Waals surface area (Å²) in [6.07, 6.45) is 0.863. The van der Waals surface area contributed by atoms with E-state index in [2.05, 4.69) is 0 Å². The highest BCUT2D eigenvalue weighted by atomic mass is 35.5. The Morgan fingerprint density at radius 3 is 2.71 bits per heavy atom. The minimum absolute atomic E-state index is 0.186. The monoisotopic (exact) mass is 215 g/mol. The predicted molar refractivity (Wildman–Crippen MR) is 58.2 cm³/mol. The Bertz CT molecular complexity index is 325. The van der Waals surface area contributed by atoms with Gasteiger partial charge < -0.3 is 5.73 Å². The maximum atomic E-state index is 13.4. The van der Waals surface area contributed by atoms with Crippen LogP contribution in [0, 0.1) is 12.7 Å². The van der Waals surface area contributed by atoms with Crippen molar-refractivity contribution in [3.05, 3.63) is 34.1 Å². The zero-order valence-electron chi connectivity index (χ0n) is 8.48. The third-order valence-electron chi connectivity index (χ3n) is 2.51. The smallest absolute Gasteiger partial charge is 0.144 e. The van der Waals surface area contributed by atoms with Gasteiger partial charge in [-0.05, 0) is 43.0 Å². The molecule has 0 amide bonds. The summed E-state index contributed by atoms with van der Waals surface area (Å²) in [7, 11) is 0. The molecule has 2 N–H and O–H groups in total. The fourth-order valence-electron chi connectivity index (χ4n) is 1.61. The second-order valence-electron chi connectivity index (χ2n) is 3.55. The molecular formula is C11H15ClFN. The fraction of sp³-hybridized carbons (Fsp3) is 0.455. The molecule has 1 aromatic carbocycles. The third-order valence-corrected chi connectivity index (χ3v) is 2.80. The molecular weight excluding hydrogens is 201 g/mol. The van der Waals surface area contributed by atoms with E-state index in [0.29, 0.717) is 12.1 Å². The van der Waals surface area contributed by atoms with Crippen LogP contribution in [0.25, 0.3) is 0 Å². The number of benzene rings is 1. The molecule has 0 radical (unpaired) electrons. The first-order valence-corrected chi connectivity index (χ1v) is 5.10. The Labute approximate surface area is 89.1 Å². The van der Waals surface area contributed by atoms with Crippen LogP contribution in [0.5, 0.6) is 0 Å². The highest BCUT2D eigenvalue weighted by Gasteiger charge is 2.12. The predicted octanol–water partition coefficient (Wildman–Crippen LogP) is 3.24. The van der Waals surface area contributed by atoms with Gasteiger partial charge in [0.25, 0.3) is 0 Å². The van der Waals surface area contributed by atoms with E-state index in [9.17, 15) is 4.39 Å². The normalized spacial score (nSPS) is 12.9. The molecule has 0 bridgehead atoms. The van der Waals surface area contributed by atoms with E-state index in [1.165, 1.54) is 0 Å². The molecule has 1 atom stereocenters. The van der Waals surface area contributed by atoms with Gasteiger partial charge in [0.1, 0.15) is 5.82 Å². The van der Waals surface area contributed by atoms with Crippen LogP contribution in [0.15, 0.2) is 12.1 Å². The number of halogens is 2. The third kappa shape index (κ3) is 2.25. The lowest BCUT2D eigenvalue weighted by atomic mass is 9.93. The number of nitrogens with two attached hydrogens (primary N) is 1. The second-order valence-corrected chi connectivity index (χ2v) is 3.96. The van der Waals surface area contributed by atoms with Gasteiger partial charge >= 0.3 is 0 Å². The van der Waals surface area contributed by atoms with Crippen molar-refractivity contribution < 1.29 is 4.39 Å². The van der Waals surface area contributed by atoms with E-state index in [4.69, 9.17) is 17.3 Å². The quantitative estimate of drug-likeness (QED) is 0.823. The standard InChI is InChI=1S/C11H15ClFN/c1-7(5-6-14)9-3-4-10(12)11(13)8(9)2/h3-4,7H,5-6,14H2,1-2H3. The average Bonchev–Trinajstić information content (AvgIpc) is 2.15. The molecule has 0 aromatic heterocycles. The number of hydrogen-bond donors (Lipinski definition) is 1. The Morgan fingerprint density at radius 2 is 2.14 bits per heavy atom. The van der Waals surface area contributed by atoms with Crippen molar-refractivity contribution in [3.8, 4) is 0 Å². The first-order chi connectivity index (χ1) is 6.57. The van der Waals surface area contributed by atoms with Gasteiger partial charge in [-0.25, -0.2) is 4.39 Å². The van der Waals surface area contributed by atoms with Crippen molar-refractivity contribution in [3.63, 3.8) is 0 Å². The zero-order chi connectivity index (χ0) is 10.7. The van der Waals surface area contributed by atoms with Gasteiger partial charge in [0, 0.05) is 0 Å². The van der Waals surface area contributed by atoms with Crippen LogP contribution in [0.4, 0.5) is 4.39 Å². The molecule has 0 saturated heterocycles. The van der Waals surface area contributed by atoms with Crippen LogP contribution in [0.3, 0.4) is 0 Å². The summed E-state index contributed by atoms with van der Waals surface area (Å²) in [5.41, 5.74) is 7.10. The van der Waals surface area contributed by atoms with Gasteiger partial charge in [-0.1, -0.05) is 24.6 Å². The SMILES string of the molecule is Cc1c(C(C)CCN)ccc(Cl)c1F. The zero-order valence-corrected chi connectivity index (χ0v) is 9.24. The summed E-state index contributed by atoms with van der Waals surface area (Å²) in [6.45, 7) is 4.41. The lowest BCUT2D eigenvalue weighted by Crippen LogP contribution is -2.06. The first kappa shape index (κ1) is 11.5. The summed E-state index contributed by atoms with van der Waals surface area (Å²) < 4.78 is 13.4. The molecule has 1 nitrogen and oxygen atoms in total. The van der Waals surface area contributed by atoms with E-state index in [1.807, 2.05) is 13.0 Å². The lowest BCUT2D eigenvalue weighted by Gasteiger charge is -2.14. The summed E-state index contributed by atoms with van der Waals surface area (Å²) in [6, 6.07) is 3.48. The van der Waals surface area contributed by atoms with Gasteiger partial charge in [-0.3, -0.25) is 0 Å². The van der Waals surface area contributed by atoms with Crippen molar-refractivity contribution in [2.45, 2.75) is 26.2 Å². The van der Waals surface area contributed by atoms with Crippen LogP contribution in [0.1, 0.15) is 30.4 Å². The first-order valence-electron chi connectivity index (χ1n) is 4.72. The Hall–Kier alpha value is -0.600. The number of hydrogen-bond acceptors (Lipinski definition) is 1. The largest absolute Gasteiger partial charge is 0.330 e. The molecule has 3 heteroatoms. The average molecular weight is 216 g/mol. The lowest BCUT2D eigenvalue weighted by molar-refractivity contribution is 0.605. The van der Waals surface area contributed by atoms with Gasteiger partial charge in [0.15, 0.2) is 0 Å². The van der Waals surface area contributed by atoms with E-state index < -0.39 is 0 Å². The molecule has 1 rings (SSSR count). The molecule has 1 unspecified atom stereocenters. The second kappa shape index (κ2) is 4.76. The van der Waals surface area contributed by atoms with E-state index in [1.54, 1.807) is 13.0 Å². The minimum Gasteiger partial charge on any atom is -0.330 e. The van der Waals surface area contributed by atoms with Crippen molar-refractivity contribution in [1.29, 1.82) is 0 Å².